The van der Waals surface area contributed by atoms with Gasteiger partial charge < -0.3 is 13.7 Å². The van der Waals surface area contributed by atoms with Gasteiger partial charge in [0.05, 0.1) is 27.6 Å². The molecule has 0 bridgehead atoms. The largest absolute Gasteiger partial charge is 0.313 e. The van der Waals surface area contributed by atoms with Gasteiger partial charge in [0.2, 0.25) is 0 Å². The summed E-state index contributed by atoms with van der Waals surface area (Å²) in [4.78, 5) is 0. The number of hydrogen-bond acceptors (Lipinski definition) is 0. The van der Waals surface area contributed by atoms with Gasteiger partial charge in [0, 0.05) is 55.3 Å². The van der Waals surface area contributed by atoms with Crippen LogP contribution in [0.5, 0.6) is 0 Å². The van der Waals surface area contributed by atoms with Crippen molar-refractivity contribution in [2.45, 2.75) is 6.92 Å². The highest BCUT2D eigenvalue weighted by atomic mass is 15.0. The summed E-state index contributed by atoms with van der Waals surface area (Å²) in [5.74, 6) is 2.70. The number of benzene rings is 7. The van der Waals surface area contributed by atoms with Gasteiger partial charge in [-0.15, -0.1) is 6.42 Å². The Morgan fingerprint density at radius 2 is 0.885 bits per heavy atom. The van der Waals surface area contributed by atoms with E-state index in [4.69, 9.17) is 6.42 Å². The number of hydrogen-bond donors (Lipinski definition) is 0. The van der Waals surface area contributed by atoms with Crippen molar-refractivity contribution in [3.05, 3.63) is 181 Å². The van der Waals surface area contributed by atoms with E-state index in [1.165, 1.54) is 60.4 Å². The van der Waals surface area contributed by atoms with Crippen LogP contribution in [0.15, 0.2) is 170 Å². The second-order valence-corrected chi connectivity index (χ2v) is 13.4. The maximum absolute atomic E-state index is 5.70. The number of terminal acetylenes is 1. The van der Waals surface area contributed by atoms with Gasteiger partial charge in [-0.1, -0.05) is 90.8 Å². The summed E-state index contributed by atoms with van der Waals surface area (Å²) in [6.45, 7) is 2.17. The fourth-order valence-corrected chi connectivity index (χ4v) is 8.26. The lowest BCUT2D eigenvalue weighted by Gasteiger charge is -2.11. The van der Waals surface area contributed by atoms with Crippen molar-refractivity contribution >= 4 is 60.6 Å². The van der Waals surface area contributed by atoms with Crippen LogP contribution in [0.2, 0.25) is 0 Å². The highest BCUT2D eigenvalue weighted by Gasteiger charge is 2.19. The maximum atomic E-state index is 5.70. The summed E-state index contributed by atoms with van der Waals surface area (Å²) < 4.78 is 7.08. The van der Waals surface area contributed by atoms with Gasteiger partial charge in [-0.3, -0.25) is 0 Å². The Bertz CT molecular complexity index is 3070. The van der Waals surface area contributed by atoms with Crippen LogP contribution in [0.1, 0.15) is 11.3 Å². The van der Waals surface area contributed by atoms with Gasteiger partial charge in [-0.2, -0.15) is 0 Å². The molecule has 3 nitrogen and oxygen atoms in total. The minimum Gasteiger partial charge on any atom is -0.313 e. The van der Waals surface area contributed by atoms with Crippen LogP contribution in [-0.2, 0) is 0 Å². The van der Waals surface area contributed by atoms with Gasteiger partial charge in [-0.05, 0) is 109 Å². The standard InChI is InChI=1S/C49H33N3/c1-3-4-19-39-33(2)50(36-15-7-5-8-16-36)47-29-26-38(32-44(39)47)52-46-23-14-12-21-41(46)43-31-35(25-28-49(43)52)34-24-27-48-42(30-34)40-20-11-13-22-45(40)51(48)37-17-9-6-10-18-37/h1,4-32H,2H3/b19-4-. The van der Waals surface area contributed by atoms with Gasteiger partial charge in [0.1, 0.15) is 0 Å². The third kappa shape index (κ3) is 4.48. The number of fused-ring (bicyclic) bond motifs is 7. The molecule has 0 spiro atoms. The SMILES string of the molecule is C#C/C=C\c1c(C)n(-c2ccccc2)c2ccc(-n3c4ccccc4c4cc(-c5ccc6c(c5)c5ccccc5n6-c5ccccc5)ccc43)cc12. The van der Waals surface area contributed by atoms with Crippen LogP contribution < -0.4 is 0 Å². The number of rotatable bonds is 5. The third-order valence-electron chi connectivity index (χ3n) is 10.5. The molecular weight excluding hydrogens is 631 g/mol. The summed E-state index contributed by atoms with van der Waals surface area (Å²) in [5, 5.41) is 6.12. The Kier molecular flexibility index (Phi) is 6.77. The van der Waals surface area contributed by atoms with Crippen LogP contribution >= 0.6 is 0 Å². The van der Waals surface area contributed by atoms with Crippen LogP contribution in [0.3, 0.4) is 0 Å². The molecule has 0 unspecified atom stereocenters. The smallest absolute Gasteiger partial charge is 0.0541 e. The Morgan fingerprint density at radius 1 is 0.423 bits per heavy atom. The molecule has 3 heteroatoms. The maximum Gasteiger partial charge on any atom is 0.0541 e. The van der Waals surface area contributed by atoms with Gasteiger partial charge >= 0.3 is 0 Å². The van der Waals surface area contributed by atoms with E-state index in [-0.39, 0.29) is 0 Å². The molecule has 0 aliphatic carbocycles. The predicted molar refractivity (Wildman–Crippen MR) is 220 cm³/mol. The van der Waals surface area contributed by atoms with Crippen molar-refractivity contribution in [2.24, 2.45) is 0 Å². The normalized spacial score (nSPS) is 11.8. The summed E-state index contributed by atoms with van der Waals surface area (Å²) in [7, 11) is 0. The first-order chi connectivity index (χ1) is 25.7. The second kappa shape index (κ2) is 11.8. The number of allylic oxidation sites excluding steroid dienone is 1. The van der Waals surface area contributed by atoms with E-state index in [0.29, 0.717) is 0 Å². The van der Waals surface area contributed by atoms with E-state index in [0.717, 1.165) is 33.5 Å². The fraction of sp³-hybridized carbons (Fsp3) is 0.0204. The average molecular weight is 664 g/mol. The average Bonchev–Trinajstić information content (AvgIpc) is 3.81. The summed E-state index contributed by atoms with van der Waals surface area (Å²) >= 11 is 0. The van der Waals surface area contributed by atoms with Crippen molar-refractivity contribution in [1.29, 1.82) is 0 Å². The zero-order valence-electron chi connectivity index (χ0n) is 28.7. The lowest BCUT2D eigenvalue weighted by atomic mass is 10.0. The Morgan fingerprint density at radius 3 is 1.46 bits per heavy atom. The zero-order valence-corrected chi connectivity index (χ0v) is 28.7. The molecule has 0 saturated carbocycles. The molecular formula is C49H33N3. The second-order valence-electron chi connectivity index (χ2n) is 13.4. The van der Waals surface area contributed by atoms with Crippen molar-refractivity contribution in [2.75, 3.05) is 0 Å². The molecule has 0 aliphatic rings. The first-order valence-electron chi connectivity index (χ1n) is 17.7. The molecule has 0 amide bonds. The molecule has 10 aromatic rings. The van der Waals surface area contributed by atoms with Gasteiger partial charge in [-0.25, -0.2) is 0 Å². The molecule has 0 N–H and O–H groups in total. The molecule has 0 saturated heterocycles. The molecule has 7 aromatic carbocycles. The van der Waals surface area contributed by atoms with Crippen LogP contribution in [0, 0.1) is 19.3 Å². The number of aromatic nitrogens is 3. The topological polar surface area (TPSA) is 14.8 Å². The van der Waals surface area contributed by atoms with E-state index < -0.39 is 0 Å². The molecule has 0 radical (unpaired) electrons. The van der Waals surface area contributed by atoms with Crippen LogP contribution in [-0.4, -0.2) is 13.7 Å². The van der Waals surface area contributed by atoms with E-state index in [1.54, 1.807) is 6.08 Å². The van der Waals surface area contributed by atoms with Gasteiger partial charge in [0.25, 0.3) is 0 Å². The zero-order chi connectivity index (χ0) is 34.8. The molecule has 0 aliphatic heterocycles. The van der Waals surface area contributed by atoms with Crippen molar-refractivity contribution in [3.8, 4) is 40.5 Å². The Balaban J connectivity index is 1.16. The molecule has 10 rings (SSSR count). The Labute approximate surface area is 301 Å². The Hall–Kier alpha value is -7.02. The number of nitrogens with zero attached hydrogens (tertiary/aromatic N) is 3. The van der Waals surface area contributed by atoms with E-state index in [9.17, 15) is 0 Å². The van der Waals surface area contributed by atoms with Gasteiger partial charge in [0.15, 0.2) is 0 Å². The minimum atomic E-state index is 1.11. The summed E-state index contributed by atoms with van der Waals surface area (Å²) in [6, 6.07) is 59.2. The van der Waals surface area contributed by atoms with E-state index >= 15 is 0 Å². The monoisotopic (exact) mass is 663 g/mol. The van der Waals surface area contributed by atoms with E-state index in [2.05, 4.69) is 196 Å². The number of para-hydroxylation sites is 4. The minimum absolute atomic E-state index is 1.11. The van der Waals surface area contributed by atoms with Crippen molar-refractivity contribution in [3.63, 3.8) is 0 Å². The van der Waals surface area contributed by atoms with Crippen LogP contribution in [0.4, 0.5) is 0 Å². The molecule has 0 fully saturated rings. The van der Waals surface area contributed by atoms with Crippen LogP contribution in [0.25, 0.3) is 88.8 Å². The third-order valence-corrected chi connectivity index (χ3v) is 10.5. The first kappa shape index (κ1) is 29.9. The molecule has 3 aromatic heterocycles. The predicted octanol–water partition coefficient (Wildman–Crippen LogP) is 12.4. The first-order valence-corrected chi connectivity index (χ1v) is 17.7. The highest BCUT2D eigenvalue weighted by Crippen LogP contribution is 2.39. The quantitative estimate of drug-likeness (QED) is 0.163. The summed E-state index contributed by atoms with van der Waals surface area (Å²) in [5.41, 5.74) is 14.0. The van der Waals surface area contributed by atoms with E-state index in [1.807, 2.05) is 0 Å². The lowest BCUT2D eigenvalue weighted by Crippen LogP contribution is -1.97. The molecule has 52 heavy (non-hydrogen) atoms. The highest BCUT2D eigenvalue weighted by molar-refractivity contribution is 6.13. The lowest BCUT2D eigenvalue weighted by molar-refractivity contribution is 1.05. The van der Waals surface area contributed by atoms with Crippen molar-refractivity contribution in [1.82, 2.24) is 13.7 Å². The fourth-order valence-electron chi connectivity index (χ4n) is 8.26. The van der Waals surface area contributed by atoms with Crippen molar-refractivity contribution < 1.29 is 0 Å². The molecule has 3 heterocycles. The molecule has 244 valence electrons. The molecule has 0 atom stereocenters. The summed E-state index contributed by atoms with van der Waals surface area (Å²) in [6.07, 6.45) is 9.56.